The lowest BCUT2D eigenvalue weighted by atomic mass is 10.1. The first-order valence-electron chi connectivity index (χ1n) is 9.04. The van der Waals surface area contributed by atoms with Crippen LogP contribution in [0.25, 0.3) is 0 Å². The average Bonchev–Trinajstić information content (AvgIpc) is 3.10. The highest BCUT2D eigenvalue weighted by molar-refractivity contribution is 5.74. The average molecular weight is 333 g/mol. The van der Waals surface area contributed by atoms with Gasteiger partial charge in [-0.05, 0) is 57.3 Å². The number of nitrogens with zero attached hydrogens (tertiary/aromatic N) is 2. The Labute approximate surface area is 145 Å². The molecule has 1 heterocycles. The van der Waals surface area contributed by atoms with E-state index in [9.17, 15) is 9.90 Å². The lowest BCUT2D eigenvalue weighted by Crippen LogP contribution is -2.43. The van der Waals surface area contributed by atoms with E-state index < -0.39 is 0 Å². The van der Waals surface area contributed by atoms with Gasteiger partial charge in [0.05, 0.1) is 6.61 Å². The van der Waals surface area contributed by atoms with Crippen LogP contribution in [-0.2, 0) is 6.54 Å². The molecule has 0 radical (unpaired) electrons. The number of nitrogens with one attached hydrogen (secondary N) is 1. The maximum Gasteiger partial charge on any atom is 0.317 e. The highest BCUT2D eigenvalue weighted by Gasteiger charge is 2.19. The van der Waals surface area contributed by atoms with Crippen LogP contribution in [0, 0.1) is 6.92 Å². The van der Waals surface area contributed by atoms with Crippen molar-refractivity contribution < 1.29 is 9.90 Å². The van der Waals surface area contributed by atoms with Crippen LogP contribution in [0.4, 0.5) is 4.79 Å². The lowest BCUT2D eigenvalue weighted by molar-refractivity contribution is 0.172. The maximum atomic E-state index is 12.4. The number of rotatable bonds is 8. The third-order valence-corrected chi connectivity index (χ3v) is 4.88. The summed E-state index contributed by atoms with van der Waals surface area (Å²) in [5, 5.41) is 12.3. The molecule has 1 aliphatic rings. The van der Waals surface area contributed by atoms with Gasteiger partial charge in [-0.1, -0.05) is 24.3 Å². The van der Waals surface area contributed by atoms with Gasteiger partial charge in [0.2, 0.25) is 0 Å². The summed E-state index contributed by atoms with van der Waals surface area (Å²) in [6, 6.07) is 8.46. The van der Waals surface area contributed by atoms with Crippen molar-refractivity contribution in [2.45, 2.75) is 45.7 Å². The van der Waals surface area contributed by atoms with Gasteiger partial charge in [-0.15, -0.1) is 0 Å². The minimum atomic E-state index is -0.0964. The Morgan fingerprint density at radius 1 is 1.33 bits per heavy atom. The van der Waals surface area contributed by atoms with Gasteiger partial charge in [0.25, 0.3) is 0 Å². The summed E-state index contributed by atoms with van der Waals surface area (Å²) in [4.78, 5) is 16.6. The molecule has 0 aromatic heterocycles. The second-order valence-electron chi connectivity index (χ2n) is 6.68. The number of likely N-dealkylation sites (tertiary alicyclic amines) is 1. The molecule has 2 amide bonds. The van der Waals surface area contributed by atoms with E-state index >= 15 is 0 Å². The number of hydrogen-bond acceptors (Lipinski definition) is 3. The molecule has 5 heteroatoms. The lowest BCUT2D eigenvalue weighted by Gasteiger charge is -2.26. The van der Waals surface area contributed by atoms with E-state index in [4.69, 9.17) is 0 Å². The monoisotopic (exact) mass is 333 g/mol. The summed E-state index contributed by atoms with van der Waals surface area (Å²) in [6.07, 6.45) is 3.54. The smallest absolute Gasteiger partial charge is 0.317 e. The van der Waals surface area contributed by atoms with E-state index in [1.54, 1.807) is 4.90 Å². The van der Waals surface area contributed by atoms with Crippen molar-refractivity contribution >= 4 is 6.03 Å². The predicted molar refractivity (Wildman–Crippen MR) is 97.0 cm³/mol. The van der Waals surface area contributed by atoms with Crippen LogP contribution < -0.4 is 5.32 Å². The second-order valence-corrected chi connectivity index (χ2v) is 6.68. The van der Waals surface area contributed by atoms with Crippen LogP contribution in [0.1, 0.15) is 37.3 Å². The van der Waals surface area contributed by atoms with E-state index in [-0.39, 0.29) is 12.6 Å². The number of urea groups is 1. The van der Waals surface area contributed by atoms with Crippen LogP contribution >= 0.6 is 0 Å². The van der Waals surface area contributed by atoms with Gasteiger partial charge in [-0.2, -0.15) is 0 Å². The van der Waals surface area contributed by atoms with Crippen molar-refractivity contribution in [2.24, 2.45) is 0 Å². The maximum absolute atomic E-state index is 12.4. The number of benzene rings is 1. The summed E-state index contributed by atoms with van der Waals surface area (Å²) >= 11 is 0. The molecule has 0 unspecified atom stereocenters. The molecule has 1 aliphatic heterocycles. The molecule has 1 atom stereocenters. The molecule has 0 bridgehead atoms. The minimum absolute atomic E-state index is 0.0243. The van der Waals surface area contributed by atoms with Gasteiger partial charge >= 0.3 is 6.03 Å². The number of aliphatic hydroxyl groups is 1. The molecular weight excluding hydrogens is 302 g/mol. The topological polar surface area (TPSA) is 55.8 Å². The molecule has 1 aromatic rings. The van der Waals surface area contributed by atoms with Gasteiger partial charge in [-0.25, -0.2) is 4.79 Å². The number of aliphatic hydroxyl groups excluding tert-OH is 1. The molecule has 0 spiro atoms. The zero-order chi connectivity index (χ0) is 17.4. The highest BCUT2D eigenvalue weighted by Crippen LogP contribution is 2.13. The third kappa shape index (κ3) is 5.49. The summed E-state index contributed by atoms with van der Waals surface area (Å²) in [7, 11) is 0. The van der Waals surface area contributed by atoms with E-state index in [0.29, 0.717) is 25.7 Å². The number of hydrogen-bond donors (Lipinski definition) is 2. The first-order valence-corrected chi connectivity index (χ1v) is 9.04. The van der Waals surface area contributed by atoms with Crippen molar-refractivity contribution in [3.63, 3.8) is 0 Å². The first kappa shape index (κ1) is 18.7. The van der Waals surface area contributed by atoms with Gasteiger partial charge < -0.3 is 20.2 Å². The number of amides is 2. The fraction of sp³-hybridized carbons (Fsp3) is 0.632. The van der Waals surface area contributed by atoms with Gasteiger partial charge in [0.1, 0.15) is 0 Å². The van der Waals surface area contributed by atoms with Crippen LogP contribution in [-0.4, -0.2) is 59.8 Å². The SMILES string of the molecule is Cc1ccccc1CN(CCO)C(=O)NCC[C@@H](C)N1CCCC1. The molecule has 24 heavy (non-hydrogen) atoms. The van der Waals surface area contributed by atoms with E-state index in [1.807, 2.05) is 31.2 Å². The predicted octanol–water partition coefficient (Wildman–Crippen LogP) is 2.37. The summed E-state index contributed by atoms with van der Waals surface area (Å²) in [5.41, 5.74) is 2.28. The van der Waals surface area contributed by atoms with Crippen LogP contribution in [0.15, 0.2) is 24.3 Å². The van der Waals surface area contributed by atoms with Crippen molar-refractivity contribution in [3.05, 3.63) is 35.4 Å². The normalized spacial score (nSPS) is 16.1. The van der Waals surface area contributed by atoms with Gasteiger partial charge in [0.15, 0.2) is 0 Å². The Morgan fingerprint density at radius 3 is 2.71 bits per heavy atom. The number of carbonyl (C=O) groups excluding carboxylic acids is 1. The van der Waals surface area contributed by atoms with Crippen LogP contribution in [0.5, 0.6) is 0 Å². The number of aryl methyl sites for hydroxylation is 1. The highest BCUT2D eigenvalue weighted by atomic mass is 16.3. The van der Waals surface area contributed by atoms with Gasteiger partial charge in [0, 0.05) is 25.7 Å². The molecule has 2 N–H and O–H groups in total. The fourth-order valence-corrected chi connectivity index (χ4v) is 3.23. The van der Waals surface area contributed by atoms with E-state index in [0.717, 1.165) is 17.5 Å². The zero-order valence-corrected chi connectivity index (χ0v) is 15.0. The standard InChI is InChI=1S/C19H31N3O2/c1-16-7-3-4-8-18(16)15-22(13-14-23)19(24)20-10-9-17(2)21-11-5-6-12-21/h3-4,7-8,17,23H,5-6,9-15H2,1-2H3,(H,20,24)/t17-/m1/s1. The second kappa shape index (κ2) is 9.64. The molecule has 2 rings (SSSR count). The van der Waals surface area contributed by atoms with Crippen molar-refractivity contribution in [1.82, 2.24) is 15.1 Å². The summed E-state index contributed by atoms with van der Waals surface area (Å²) < 4.78 is 0. The third-order valence-electron chi connectivity index (χ3n) is 4.88. The summed E-state index contributed by atoms with van der Waals surface area (Å²) in [6.45, 7) is 8.16. The first-order chi connectivity index (χ1) is 11.6. The Kier molecular flexibility index (Phi) is 7.53. The van der Waals surface area contributed by atoms with Crippen molar-refractivity contribution in [1.29, 1.82) is 0 Å². The molecule has 1 aromatic carbocycles. The molecule has 1 fully saturated rings. The Morgan fingerprint density at radius 2 is 2.04 bits per heavy atom. The Hall–Kier alpha value is -1.59. The molecule has 1 saturated heterocycles. The van der Waals surface area contributed by atoms with Crippen molar-refractivity contribution in [3.8, 4) is 0 Å². The summed E-state index contributed by atoms with van der Waals surface area (Å²) in [5.74, 6) is 0. The molecule has 0 saturated carbocycles. The molecular formula is C19H31N3O2. The Bertz CT molecular complexity index is 515. The Balaban J connectivity index is 1.81. The van der Waals surface area contributed by atoms with Crippen LogP contribution in [0.2, 0.25) is 0 Å². The number of carbonyl (C=O) groups is 1. The van der Waals surface area contributed by atoms with Crippen molar-refractivity contribution in [2.75, 3.05) is 32.8 Å². The fourth-order valence-electron chi connectivity index (χ4n) is 3.23. The molecule has 5 nitrogen and oxygen atoms in total. The zero-order valence-electron chi connectivity index (χ0n) is 15.0. The van der Waals surface area contributed by atoms with E-state index in [1.165, 1.54) is 25.9 Å². The van der Waals surface area contributed by atoms with E-state index in [2.05, 4.69) is 17.1 Å². The minimum Gasteiger partial charge on any atom is -0.395 e. The molecule has 134 valence electrons. The molecule has 0 aliphatic carbocycles. The largest absolute Gasteiger partial charge is 0.395 e. The van der Waals surface area contributed by atoms with Crippen LogP contribution in [0.3, 0.4) is 0 Å². The quantitative estimate of drug-likeness (QED) is 0.768. The van der Waals surface area contributed by atoms with Gasteiger partial charge in [-0.3, -0.25) is 0 Å².